The molecule has 2 nitrogen and oxygen atoms in total. The lowest BCUT2D eigenvalue weighted by atomic mass is 9.88. The Morgan fingerprint density at radius 2 is 2.11 bits per heavy atom. The number of halogens is 2. The van der Waals surface area contributed by atoms with Gasteiger partial charge in [0.25, 0.3) is 5.91 Å². The van der Waals surface area contributed by atoms with Gasteiger partial charge >= 0.3 is 0 Å². The summed E-state index contributed by atoms with van der Waals surface area (Å²) in [6, 6.07) is 5.33. The fourth-order valence-electron chi connectivity index (χ4n) is 2.50. The zero-order chi connectivity index (χ0) is 13.8. The van der Waals surface area contributed by atoms with Crippen LogP contribution in [-0.4, -0.2) is 17.8 Å². The molecule has 0 spiro atoms. The summed E-state index contributed by atoms with van der Waals surface area (Å²) in [5, 5.41) is 3.86. The standard InChI is InChI=1S/C15H19Cl2NO/c1-10-8-11(6-7-13(10)16)15(19)18-9-12-4-2-3-5-14(12)17/h6-8,12,14H,2-5,9H2,1H3,(H,18,19). The fraction of sp³-hybridized carbons (Fsp3) is 0.533. The van der Waals surface area contributed by atoms with Crippen molar-refractivity contribution in [2.45, 2.75) is 38.0 Å². The maximum Gasteiger partial charge on any atom is 0.251 e. The van der Waals surface area contributed by atoms with Gasteiger partial charge in [-0.15, -0.1) is 11.6 Å². The Kier molecular flexibility index (Phi) is 5.12. The number of amides is 1. The third-order valence-electron chi connectivity index (χ3n) is 3.76. The molecule has 1 aromatic rings. The maximum absolute atomic E-state index is 12.1. The molecular formula is C15H19Cl2NO. The Hall–Kier alpha value is -0.730. The van der Waals surface area contributed by atoms with E-state index in [1.807, 2.05) is 13.0 Å². The highest BCUT2D eigenvalue weighted by molar-refractivity contribution is 6.31. The van der Waals surface area contributed by atoms with E-state index in [4.69, 9.17) is 23.2 Å². The van der Waals surface area contributed by atoms with Gasteiger partial charge in [0.2, 0.25) is 0 Å². The van der Waals surface area contributed by atoms with Crippen LogP contribution in [0.5, 0.6) is 0 Å². The molecule has 4 heteroatoms. The van der Waals surface area contributed by atoms with Crippen molar-refractivity contribution >= 4 is 29.1 Å². The summed E-state index contributed by atoms with van der Waals surface area (Å²) >= 11 is 12.2. The van der Waals surface area contributed by atoms with Crippen molar-refractivity contribution in [1.82, 2.24) is 5.32 Å². The number of carbonyl (C=O) groups excluding carboxylic acids is 1. The van der Waals surface area contributed by atoms with Gasteiger partial charge in [-0.3, -0.25) is 4.79 Å². The number of carbonyl (C=O) groups is 1. The van der Waals surface area contributed by atoms with Crippen molar-refractivity contribution in [3.8, 4) is 0 Å². The van der Waals surface area contributed by atoms with E-state index in [0.29, 0.717) is 23.0 Å². The summed E-state index contributed by atoms with van der Waals surface area (Å²) < 4.78 is 0. The van der Waals surface area contributed by atoms with Crippen molar-refractivity contribution in [2.24, 2.45) is 5.92 Å². The highest BCUT2D eigenvalue weighted by Crippen LogP contribution is 2.28. The van der Waals surface area contributed by atoms with Crippen LogP contribution in [0.15, 0.2) is 18.2 Å². The van der Waals surface area contributed by atoms with Gasteiger partial charge in [0.15, 0.2) is 0 Å². The van der Waals surface area contributed by atoms with Gasteiger partial charge in [0.05, 0.1) is 0 Å². The molecule has 0 aliphatic heterocycles. The second-order valence-electron chi connectivity index (χ2n) is 5.23. The monoisotopic (exact) mass is 299 g/mol. The predicted octanol–water partition coefficient (Wildman–Crippen LogP) is 4.18. The highest BCUT2D eigenvalue weighted by Gasteiger charge is 2.23. The second-order valence-corrected chi connectivity index (χ2v) is 6.20. The molecule has 1 aliphatic rings. The van der Waals surface area contributed by atoms with Gasteiger partial charge in [0.1, 0.15) is 0 Å². The van der Waals surface area contributed by atoms with E-state index in [2.05, 4.69) is 5.32 Å². The van der Waals surface area contributed by atoms with E-state index in [0.717, 1.165) is 18.4 Å². The molecule has 0 bridgehead atoms. The minimum Gasteiger partial charge on any atom is -0.352 e. The first-order valence-corrected chi connectivity index (χ1v) is 7.58. The Labute approximate surface area is 124 Å². The number of benzene rings is 1. The Balaban J connectivity index is 1.91. The Bertz CT molecular complexity index is 461. The van der Waals surface area contributed by atoms with Crippen LogP contribution in [-0.2, 0) is 0 Å². The number of nitrogens with one attached hydrogen (secondary N) is 1. The molecule has 0 saturated heterocycles. The molecule has 1 N–H and O–H groups in total. The average Bonchev–Trinajstić information content (AvgIpc) is 2.40. The van der Waals surface area contributed by atoms with E-state index < -0.39 is 0 Å². The molecule has 2 rings (SSSR count). The van der Waals surface area contributed by atoms with Gasteiger partial charge in [-0.05, 0) is 49.4 Å². The number of rotatable bonds is 3. The third-order valence-corrected chi connectivity index (χ3v) is 4.76. The lowest BCUT2D eigenvalue weighted by molar-refractivity contribution is 0.0944. The molecule has 2 atom stereocenters. The Morgan fingerprint density at radius 3 is 2.79 bits per heavy atom. The van der Waals surface area contributed by atoms with E-state index in [1.54, 1.807) is 12.1 Å². The van der Waals surface area contributed by atoms with Crippen LogP contribution in [0.2, 0.25) is 5.02 Å². The SMILES string of the molecule is Cc1cc(C(=O)NCC2CCCCC2Cl)ccc1Cl. The molecule has 0 heterocycles. The van der Waals surface area contributed by atoms with E-state index in [1.165, 1.54) is 12.8 Å². The first-order valence-electron chi connectivity index (χ1n) is 6.76. The van der Waals surface area contributed by atoms with E-state index >= 15 is 0 Å². The van der Waals surface area contributed by atoms with Gasteiger partial charge in [-0.2, -0.15) is 0 Å². The largest absolute Gasteiger partial charge is 0.352 e. The molecule has 2 unspecified atom stereocenters. The van der Waals surface area contributed by atoms with Crippen LogP contribution in [0.3, 0.4) is 0 Å². The molecule has 1 amide bonds. The normalized spacial score (nSPS) is 23.1. The van der Waals surface area contributed by atoms with Gasteiger partial charge < -0.3 is 5.32 Å². The van der Waals surface area contributed by atoms with Crippen molar-refractivity contribution in [3.05, 3.63) is 34.3 Å². The number of aryl methyl sites for hydroxylation is 1. The summed E-state index contributed by atoms with van der Waals surface area (Å²) in [6.45, 7) is 2.56. The summed E-state index contributed by atoms with van der Waals surface area (Å²) in [4.78, 5) is 12.1. The highest BCUT2D eigenvalue weighted by atomic mass is 35.5. The van der Waals surface area contributed by atoms with Crippen LogP contribution in [0.25, 0.3) is 0 Å². The minimum absolute atomic E-state index is 0.0470. The van der Waals surface area contributed by atoms with E-state index in [9.17, 15) is 4.79 Å². The van der Waals surface area contributed by atoms with Gasteiger partial charge in [-0.25, -0.2) is 0 Å². The minimum atomic E-state index is -0.0470. The Morgan fingerprint density at radius 1 is 1.37 bits per heavy atom. The first-order chi connectivity index (χ1) is 9.08. The zero-order valence-corrected chi connectivity index (χ0v) is 12.6. The van der Waals surface area contributed by atoms with Crippen LogP contribution in [0, 0.1) is 12.8 Å². The maximum atomic E-state index is 12.1. The topological polar surface area (TPSA) is 29.1 Å². The second kappa shape index (κ2) is 6.62. The smallest absolute Gasteiger partial charge is 0.251 e. The van der Waals surface area contributed by atoms with Crippen molar-refractivity contribution in [2.75, 3.05) is 6.54 Å². The molecule has 1 aromatic carbocycles. The molecule has 1 saturated carbocycles. The third kappa shape index (κ3) is 3.87. The molecule has 0 aromatic heterocycles. The fourth-order valence-corrected chi connectivity index (χ4v) is 2.99. The number of alkyl halides is 1. The predicted molar refractivity (Wildman–Crippen MR) is 80.1 cm³/mol. The number of hydrogen-bond donors (Lipinski definition) is 1. The van der Waals surface area contributed by atoms with Crippen molar-refractivity contribution in [1.29, 1.82) is 0 Å². The van der Waals surface area contributed by atoms with Gasteiger partial charge in [0, 0.05) is 22.5 Å². The first kappa shape index (κ1) is 14.7. The van der Waals surface area contributed by atoms with Crippen molar-refractivity contribution in [3.63, 3.8) is 0 Å². The molecule has 1 fully saturated rings. The van der Waals surface area contributed by atoms with Gasteiger partial charge in [-0.1, -0.05) is 24.4 Å². The van der Waals surface area contributed by atoms with Crippen LogP contribution < -0.4 is 5.32 Å². The lowest BCUT2D eigenvalue weighted by Gasteiger charge is -2.27. The molecule has 1 aliphatic carbocycles. The quantitative estimate of drug-likeness (QED) is 0.834. The van der Waals surface area contributed by atoms with Crippen LogP contribution in [0.4, 0.5) is 0 Å². The summed E-state index contributed by atoms with van der Waals surface area (Å²) in [7, 11) is 0. The molecular weight excluding hydrogens is 281 g/mol. The van der Waals surface area contributed by atoms with E-state index in [-0.39, 0.29) is 11.3 Å². The summed E-state index contributed by atoms with van der Waals surface area (Å²) in [6.07, 6.45) is 4.58. The van der Waals surface area contributed by atoms with Crippen LogP contribution >= 0.6 is 23.2 Å². The molecule has 104 valence electrons. The zero-order valence-electron chi connectivity index (χ0n) is 11.1. The summed E-state index contributed by atoms with van der Waals surface area (Å²) in [5.41, 5.74) is 1.58. The average molecular weight is 300 g/mol. The van der Waals surface area contributed by atoms with Crippen LogP contribution in [0.1, 0.15) is 41.6 Å². The number of hydrogen-bond acceptors (Lipinski definition) is 1. The lowest BCUT2D eigenvalue weighted by Crippen LogP contribution is -2.34. The summed E-state index contributed by atoms with van der Waals surface area (Å²) in [5.74, 6) is 0.349. The molecule has 19 heavy (non-hydrogen) atoms. The van der Waals surface area contributed by atoms with Crippen molar-refractivity contribution < 1.29 is 4.79 Å². The molecule has 0 radical (unpaired) electrons.